The molecule has 1 aliphatic carbocycles. The Bertz CT molecular complexity index is 1080. The Morgan fingerprint density at radius 1 is 1.17 bits per heavy atom. The van der Waals surface area contributed by atoms with Crippen molar-refractivity contribution in [3.05, 3.63) is 70.6 Å². The minimum Gasteiger partial charge on any atom is -0.480 e. The predicted octanol–water partition coefficient (Wildman–Crippen LogP) is 2.31. The average Bonchev–Trinajstić information content (AvgIpc) is 2.75. The zero-order valence-corrected chi connectivity index (χ0v) is 20.4. The van der Waals surface area contributed by atoms with Gasteiger partial charge in [0.15, 0.2) is 0 Å². The van der Waals surface area contributed by atoms with Crippen LogP contribution in [0.4, 0.5) is 0 Å². The van der Waals surface area contributed by atoms with Crippen LogP contribution < -0.4 is 0 Å². The standard InChI is InChI=1S/C25H28ClNO8/c1-4-5-6-7-8-9-16-11-18-19(13-27(16)14-20(30)31)23(33)25(3,24(34)22(18)26)35-21(32)12-17(29)10-15(2)28/h4-9,11,13,15,17,28-29H,10,12,14H2,1-3H3,(H,30,31). The van der Waals surface area contributed by atoms with Gasteiger partial charge in [0.05, 0.1) is 23.7 Å². The maximum absolute atomic E-state index is 13.3. The topological polar surface area (TPSA) is 141 Å². The molecule has 35 heavy (non-hydrogen) atoms. The predicted molar refractivity (Wildman–Crippen MR) is 128 cm³/mol. The number of allylic oxidation sites excluding steroid dienone is 8. The summed E-state index contributed by atoms with van der Waals surface area (Å²) in [5.41, 5.74) is -1.92. The quantitative estimate of drug-likeness (QED) is 0.231. The lowest BCUT2D eigenvalue weighted by Crippen LogP contribution is -2.52. The summed E-state index contributed by atoms with van der Waals surface area (Å²) < 4.78 is 5.20. The molecule has 2 rings (SSSR count). The number of halogens is 1. The van der Waals surface area contributed by atoms with Crippen LogP contribution in [-0.2, 0) is 23.9 Å². The van der Waals surface area contributed by atoms with Crippen molar-refractivity contribution in [3.8, 4) is 0 Å². The van der Waals surface area contributed by atoms with Gasteiger partial charge in [-0.05, 0) is 39.3 Å². The molecule has 9 nitrogen and oxygen atoms in total. The van der Waals surface area contributed by atoms with Gasteiger partial charge in [0.1, 0.15) is 6.54 Å². The summed E-state index contributed by atoms with van der Waals surface area (Å²) >= 11 is 6.31. The van der Waals surface area contributed by atoms with Crippen LogP contribution >= 0.6 is 11.6 Å². The van der Waals surface area contributed by atoms with Crippen molar-refractivity contribution in [1.82, 2.24) is 4.90 Å². The van der Waals surface area contributed by atoms with Gasteiger partial charge in [-0.15, -0.1) is 0 Å². The Morgan fingerprint density at radius 3 is 2.43 bits per heavy atom. The fraction of sp³-hybridized carbons (Fsp3) is 0.360. The summed E-state index contributed by atoms with van der Waals surface area (Å²) in [5, 5.41) is 28.2. The zero-order valence-electron chi connectivity index (χ0n) is 19.6. The first-order valence-corrected chi connectivity index (χ1v) is 11.2. The lowest BCUT2D eigenvalue weighted by atomic mass is 9.79. The summed E-state index contributed by atoms with van der Waals surface area (Å²) in [4.78, 5) is 51.4. The van der Waals surface area contributed by atoms with Gasteiger partial charge in [-0.3, -0.25) is 19.2 Å². The molecule has 0 bridgehead atoms. The molecule has 1 aliphatic heterocycles. The van der Waals surface area contributed by atoms with Crippen molar-refractivity contribution >= 4 is 35.1 Å². The van der Waals surface area contributed by atoms with E-state index in [1.165, 1.54) is 24.1 Å². The van der Waals surface area contributed by atoms with Crippen LogP contribution in [0.2, 0.25) is 0 Å². The molecule has 3 atom stereocenters. The summed E-state index contributed by atoms with van der Waals surface area (Å²) in [7, 11) is 0. The highest BCUT2D eigenvalue weighted by molar-refractivity contribution is 6.49. The Hall–Kier alpha value is -3.27. The maximum atomic E-state index is 13.3. The van der Waals surface area contributed by atoms with E-state index in [9.17, 15) is 34.5 Å². The van der Waals surface area contributed by atoms with Crippen LogP contribution in [0.3, 0.4) is 0 Å². The molecule has 0 aromatic heterocycles. The molecule has 1 heterocycles. The average molecular weight is 506 g/mol. The van der Waals surface area contributed by atoms with Gasteiger partial charge in [-0.1, -0.05) is 42.0 Å². The van der Waals surface area contributed by atoms with Crippen LogP contribution in [0.25, 0.3) is 0 Å². The molecule has 0 amide bonds. The van der Waals surface area contributed by atoms with Crippen molar-refractivity contribution in [2.75, 3.05) is 6.54 Å². The largest absolute Gasteiger partial charge is 0.480 e. The fourth-order valence-corrected chi connectivity index (χ4v) is 3.85. The molecule has 0 saturated heterocycles. The number of nitrogens with zero attached hydrogens (tertiary/aromatic N) is 1. The van der Waals surface area contributed by atoms with Crippen LogP contribution in [-0.4, -0.2) is 68.1 Å². The molecule has 0 aromatic rings. The van der Waals surface area contributed by atoms with Crippen LogP contribution in [0.15, 0.2) is 70.6 Å². The van der Waals surface area contributed by atoms with Crippen LogP contribution in [0.1, 0.15) is 33.6 Å². The molecule has 10 heteroatoms. The van der Waals surface area contributed by atoms with Crippen molar-refractivity contribution in [1.29, 1.82) is 0 Å². The Kier molecular flexibility index (Phi) is 9.53. The number of fused-ring (bicyclic) bond motifs is 1. The number of carbonyl (C=O) groups is 4. The van der Waals surface area contributed by atoms with E-state index in [1.54, 1.807) is 30.4 Å². The van der Waals surface area contributed by atoms with E-state index in [1.807, 2.05) is 13.0 Å². The number of hydrogen-bond donors (Lipinski definition) is 3. The van der Waals surface area contributed by atoms with E-state index < -0.39 is 54.3 Å². The number of ether oxygens (including phenoxy) is 1. The number of rotatable bonds is 10. The molecule has 0 saturated carbocycles. The molecule has 188 valence electrons. The molecule has 0 radical (unpaired) electrons. The summed E-state index contributed by atoms with van der Waals surface area (Å²) in [5.74, 6) is -4.00. The van der Waals surface area contributed by atoms with Crippen LogP contribution in [0, 0.1) is 0 Å². The monoisotopic (exact) mass is 505 g/mol. The lowest BCUT2D eigenvalue weighted by Gasteiger charge is -2.35. The van der Waals surface area contributed by atoms with E-state index in [4.69, 9.17) is 16.3 Å². The van der Waals surface area contributed by atoms with Crippen molar-refractivity contribution < 1.29 is 39.2 Å². The number of carboxylic acids is 1. The highest BCUT2D eigenvalue weighted by Crippen LogP contribution is 2.39. The van der Waals surface area contributed by atoms with Gasteiger partial charge in [0.25, 0.3) is 0 Å². The molecule has 3 unspecified atom stereocenters. The second-order valence-corrected chi connectivity index (χ2v) is 8.62. The third kappa shape index (κ3) is 6.88. The first kappa shape index (κ1) is 28.0. The maximum Gasteiger partial charge on any atom is 0.323 e. The second-order valence-electron chi connectivity index (χ2n) is 8.24. The number of aliphatic hydroxyl groups is 2. The SMILES string of the molecule is CC=CC=CC=CC1=CC2=C(Cl)C(=O)C(C)(OC(=O)CC(O)CC(C)O)C(=O)C2=CN1CC(=O)O. The van der Waals surface area contributed by atoms with E-state index in [2.05, 4.69) is 0 Å². The van der Waals surface area contributed by atoms with Gasteiger partial charge >= 0.3 is 11.9 Å². The molecule has 0 spiro atoms. The van der Waals surface area contributed by atoms with E-state index >= 15 is 0 Å². The highest BCUT2D eigenvalue weighted by Gasteiger charge is 2.52. The van der Waals surface area contributed by atoms with E-state index in [0.29, 0.717) is 5.70 Å². The minimum atomic E-state index is -2.29. The van der Waals surface area contributed by atoms with E-state index in [0.717, 1.165) is 6.92 Å². The number of ketones is 2. The van der Waals surface area contributed by atoms with Gasteiger partial charge in [0, 0.05) is 23.0 Å². The molecule has 2 aliphatic rings. The lowest BCUT2D eigenvalue weighted by molar-refractivity contribution is -0.170. The summed E-state index contributed by atoms with van der Waals surface area (Å²) in [6.45, 7) is 3.91. The molecular weight excluding hydrogens is 478 g/mol. The Morgan fingerprint density at radius 2 is 1.83 bits per heavy atom. The fourth-order valence-electron chi connectivity index (χ4n) is 3.51. The number of aliphatic hydroxyl groups excluding tert-OH is 2. The molecular formula is C25H28ClNO8. The molecule has 0 fully saturated rings. The van der Waals surface area contributed by atoms with Gasteiger partial charge in [-0.2, -0.15) is 0 Å². The third-order valence-corrected chi connectivity index (χ3v) is 5.55. The zero-order chi connectivity index (χ0) is 26.3. The summed E-state index contributed by atoms with van der Waals surface area (Å²) in [6, 6.07) is 0. The number of carbonyl (C=O) groups excluding carboxylic acids is 3. The first-order valence-electron chi connectivity index (χ1n) is 10.9. The van der Waals surface area contributed by atoms with Crippen LogP contribution in [0.5, 0.6) is 0 Å². The number of hydrogen-bond acceptors (Lipinski definition) is 8. The van der Waals surface area contributed by atoms with Gasteiger partial charge < -0.3 is 25.0 Å². The normalized spacial score (nSPS) is 22.5. The van der Waals surface area contributed by atoms with Crippen molar-refractivity contribution in [2.24, 2.45) is 0 Å². The highest BCUT2D eigenvalue weighted by atomic mass is 35.5. The first-order chi connectivity index (χ1) is 16.4. The number of esters is 1. The van der Waals surface area contributed by atoms with Crippen molar-refractivity contribution in [3.63, 3.8) is 0 Å². The van der Waals surface area contributed by atoms with E-state index in [-0.39, 0.29) is 22.6 Å². The van der Waals surface area contributed by atoms with Gasteiger partial charge in [0.2, 0.25) is 17.2 Å². The second kappa shape index (κ2) is 11.9. The number of Topliss-reactive ketones (excluding diaryl/α,β-unsaturated/α-hetero) is 2. The smallest absolute Gasteiger partial charge is 0.323 e. The van der Waals surface area contributed by atoms with Gasteiger partial charge in [-0.25, -0.2) is 0 Å². The van der Waals surface area contributed by atoms with Crippen molar-refractivity contribution in [2.45, 2.75) is 51.4 Å². The Balaban J connectivity index is 2.42. The molecule has 0 aromatic carbocycles. The summed E-state index contributed by atoms with van der Waals surface area (Å²) in [6.07, 6.45) is 10.3. The minimum absolute atomic E-state index is 0.0858. The number of carboxylic acid groups (broad SMARTS) is 1. The third-order valence-electron chi connectivity index (χ3n) is 5.18. The number of aliphatic carboxylic acids is 1. The molecule has 3 N–H and O–H groups in total. The Labute approximate surface area is 208 Å².